The van der Waals surface area contributed by atoms with E-state index in [0.717, 1.165) is 30.4 Å². The number of aliphatic hydroxyl groups excluding tert-OH is 1. The molecule has 1 heteroatoms. The molecule has 0 saturated carbocycles. The van der Waals surface area contributed by atoms with Crippen LogP contribution in [0.3, 0.4) is 0 Å². The minimum Gasteiger partial charge on any atom is -0.376 e. The molecule has 12 heavy (non-hydrogen) atoms. The lowest BCUT2D eigenvalue weighted by atomic mass is 10.0. The Morgan fingerprint density at radius 3 is 2.83 bits per heavy atom. The van der Waals surface area contributed by atoms with Gasteiger partial charge in [0.1, 0.15) is 6.10 Å². The van der Waals surface area contributed by atoms with Crippen LogP contribution in [0.25, 0.3) is 0 Å². The van der Waals surface area contributed by atoms with Crippen molar-refractivity contribution in [2.75, 3.05) is 0 Å². The molecular weight excluding hydrogens is 148 g/mol. The standard InChI is InChI=1S/C11H14O/c1-4-11(12)10-7-5-6-9(10)8(2)3/h1,11-12H,2,5-7H2,3H3. The number of terminal acetylenes is 1. The van der Waals surface area contributed by atoms with Gasteiger partial charge in [0.25, 0.3) is 0 Å². The van der Waals surface area contributed by atoms with Gasteiger partial charge in [-0.2, -0.15) is 0 Å². The maximum Gasteiger partial charge on any atom is 0.136 e. The van der Waals surface area contributed by atoms with Crippen molar-refractivity contribution in [2.24, 2.45) is 0 Å². The van der Waals surface area contributed by atoms with Crippen molar-refractivity contribution in [1.29, 1.82) is 0 Å². The topological polar surface area (TPSA) is 20.2 Å². The normalized spacial score (nSPS) is 19.1. The second kappa shape index (κ2) is 3.60. The molecule has 0 aromatic heterocycles. The first-order chi connectivity index (χ1) is 5.66. The molecule has 1 unspecified atom stereocenters. The van der Waals surface area contributed by atoms with Gasteiger partial charge in [-0.25, -0.2) is 0 Å². The van der Waals surface area contributed by atoms with Crippen LogP contribution < -0.4 is 0 Å². The summed E-state index contributed by atoms with van der Waals surface area (Å²) in [5, 5.41) is 9.44. The average molecular weight is 162 g/mol. The van der Waals surface area contributed by atoms with Crippen LogP contribution in [0.4, 0.5) is 0 Å². The molecule has 1 atom stereocenters. The fourth-order valence-corrected chi connectivity index (χ4v) is 1.66. The van der Waals surface area contributed by atoms with E-state index in [9.17, 15) is 5.11 Å². The highest BCUT2D eigenvalue weighted by Gasteiger charge is 2.19. The van der Waals surface area contributed by atoms with E-state index in [0.29, 0.717) is 0 Å². The van der Waals surface area contributed by atoms with E-state index < -0.39 is 6.10 Å². The molecule has 1 nitrogen and oxygen atoms in total. The summed E-state index contributed by atoms with van der Waals surface area (Å²) in [4.78, 5) is 0. The molecule has 1 aliphatic rings. The molecular formula is C11H14O. The van der Waals surface area contributed by atoms with E-state index in [4.69, 9.17) is 6.42 Å². The summed E-state index contributed by atoms with van der Waals surface area (Å²) in [5.41, 5.74) is 3.22. The molecule has 0 saturated heterocycles. The molecule has 0 amide bonds. The van der Waals surface area contributed by atoms with Crippen molar-refractivity contribution in [1.82, 2.24) is 0 Å². The molecule has 0 heterocycles. The van der Waals surface area contributed by atoms with Crippen LogP contribution in [0, 0.1) is 12.3 Å². The third kappa shape index (κ3) is 1.60. The van der Waals surface area contributed by atoms with Crippen molar-refractivity contribution in [3.8, 4) is 12.3 Å². The Kier molecular flexibility index (Phi) is 2.73. The molecule has 1 N–H and O–H groups in total. The summed E-state index contributed by atoms with van der Waals surface area (Å²) in [6.45, 7) is 5.83. The largest absolute Gasteiger partial charge is 0.376 e. The summed E-state index contributed by atoms with van der Waals surface area (Å²) in [7, 11) is 0. The zero-order valence-corrected chi connectivity index (χ0v) is 7.43. The molecule has 64 valence electrons. The highest BCUT2D eigenvalue weighted by molar-refractivity contribution is 5.39. The number of hydrogen-bond donors (Lipinski definition) is 1. The molecule has 1 aliphatic carbocycles. The maximum atomic E-state index is 9.44. The smallest absolute Gasteiger partial charge is 0.136 e. The summed E-state index contributed by atoms with van der Waals surface area (Å²) in [6.07, 6.45) is 7.49. The molecule has 1 rings (SSSR count). The van der Waals surface area contributed by atoms with Crippen LogP contribution in [-0.2, 0) is 0 Å². The lowest BCUT2D eigenvalue weighted by Crippen LogP contribution is -2.06. The summed E-state index contributed by atoms with van der Waals surface area (Å²) in [6, 6.07) is 0. The lowest BCUT2D eigenvalue weighted by molar-refractivity contribution is 0.265. The van der Waals surface area contributed by atoms with Crippen LogP contribution in [0.5, 0.6) is 0 Å². The van der Waals surface area contributed by atoms with Gasteiger partial charge in [-0.15, -0.1) is 6.42 Å². The Hall–Kier alpha value is -1.00. The number of hydrogen-bond acceptors (Lipinski definition) is 1. The first-order valence-electron chi connectivity index (χ1n) is 4.18. The molecule has 0 aromatic carbocycles. The number of aliphatic hydroxyl groups is 1. The molecule has 0 fully saturated rings. The van der Waals surface area contributed by atoms with Gasteiger partial charge in [0.05, 0.1) is 0 Å². The second-order valence-corrected chi connectivity index (χ2v) is 3.21. The van der Waals surface area contributed by atoms with Gasteiger partial charge in [0, 0.05) is 0 Å². The van der Waals surface area contributed by atoms with E-state index >= 15 is 0 Å². The predicted octanol–water partition coefficient (Wildman–Crippen LogP) is 2.04. The van der Waals surface area contributed by atoms with Crippen molar-refractivity contribution in [3.05, 3.63) is 23.3 Å². The Morgan fingerprint density at radius 2 is 2.33 bits per heavy atom. The summed E-state index contributed by atoms with van der Waals surface area (Å²) >= 11 is 0. The molecule has 0 spiro atoms. The summed E-state index contributed by atoms with van der Waals surface area (Å²) in [5.74, 6) is 2.35. The van der Waals surface area contributed by atoms with Gasteiger partial charge in [-0.05, 0) is 37.3 Å². The van der Waals surface area contributed by atoms with E-state index in [1.54, 1.807) is 0 Å². The molecule has 0 bridgehead atoms. The van der Waals surface area contributed by atoms with E-state index in [1.165, 1.54) is 5.57 Å². The Bertz CT molecular complexity index is 265. The quantitative estimate of drug-likeness (QED) is 0.616. The van der Waals surface area contributed by atoms with Crippen molar-refractivity contribution in [3.63, 3.8) is 0 Å². The fourth-order valence-electron chi connectivity index (χ4n) is 1.66. The highest BCUT2D eigenvalue weighted by Crippen LogP contribution is 2.32. The lowest BCUT2D eigenvalue weighted by Gasteiger charge is -2.08. The van der Waals surface area contributed by atoms with Crippen LogP contribution in [-0.4, -0.2) is 11.2 Å². The molecule has 0 aromatic rings. The predicted molar refractivity (Wildman–Crippen MR) is 50.5 cm³/mol. The number of allylic oxidation sites excluding steroid dienone is 2. The fraction of sp³-hybridized carbons (Fsp3) is 0.455. The van der Waals surface area contributed by atoms with Gasteiger partial charge in [0.15, 0.2) is 0 Å². The van der Waals surface area contributed by atoms with Crippen LogP contribution in [0.2, 0.25) is 0 Å². The zero-order chi connectivity index (χ0) is 9.14. The van der Waals surface area contributed by atoms with Crippen molar-refractivity contribution < 1.29 is 5.11 Å². The highest BCUT2D eigenvalue weighted by atomic mass is 16.3. The maximum absolute atomic E-state index is 9.44. The SMILES string of the molecule is C#CC(O)C1=C(C(=C)C)CCC1. The minimum atomic E-state index is -0.695. The first kappa shape index (κ1) is 9.09. The molecule has 0 aliphatic heterocycles. The van der Waals surface area contributed by atoms with Gasteiger partial charge in [0.2, 0.25) is 0 Å². The third-order valence-corrected chi connectivity index (χ3v) is 2.26. The minimum absolute atomic E-state index is 0.695. The first-order valence-corrected chi connectivity index (χ1v) is 4.18. The van der Waals surface area contributed by atoms with E-state index in [1.807, 2.05) is 6.92 Å². The molecule has 0 radical (unpaired) electrons. The Balaban J connectivity index is 2.92. The van der Waals surface area contributed by atoms with Crippen LogP contribution in [0.15, 0.2) is 23.3 Å². The Labute approximate surface area is 73.8 Å². The average Bonchev–Trinajstić information content (AvgIpc) is 2.50. The second-order valence-electron chi connectivity index (χ2n) is 3.21. The van der Waals surface area contributed by atoms with E-state index in [2.05, 4.69) is 12.5 Å². The summed E-state index contributed by atoms with van der Waals surface area (Å²) < 4.78 is 0. The Morgan fingerprint density at radius 1 is 1.67 bits per heavy atom. The zero-order valence-electron chi connectivity index (χ0n) is 7.43. The van der Waals surface area contributed by atoms with E-state index in [-0.39, 0.29) is 0 Å². The van der Waals surface area contributed by atoms with Gasteiger partial charge in [-0.3, -0.25) is 0 Å². The van der Waals surface area contributed by atoms with Crippen LogP contribution in [0.1, 0.15) is 26.2 Å². The number of rotatable bonds is 2. The monoisotopic (exact) mass is 162 g/mol. The van der Waals surface area contributed by atoms with Crippen molar-refractivity contribution >= 4 is 0 Å². The van der Waals surface area contributed by atoms with Gasteiger partial charge in [-0.1, -0.05) is 18.1 Å². The third-order valence-electron chi connectivity index (χ3n) is 2.26. The van der Waals surface area contributed by atoms with Crippen molar-refractivity contribution in [2.45, 2.75) is 32.3 Å². The van der Waals surface area contributed by atoms with Gasteiger partial charge < -0.3 is 5.11 Å². The van der Waals surface area contributed by atoms with Crippen LogP contribution >= 0.6 is 0 Å². The van der Waals surface area contributed by atoms with Gasteiger partial charge >= 0.3 is 0 Å².